The molecule has 2 aromatic carbocycles. The van der Waals surface area contributed by atoms with Gasteiger partial charge < -0.3 is 10.1 Å². The molecule has 0 aliphatic rings. The molecule has 0 saturated heterocycles. The zero-order valence-corrected chi connectivity index (χ0v) is 12.9. The van der Waals surface area contributed by atoms with Gasteiger partial charge in [0.25, 0.3) is 5.91 Å². The number of hydrogen-bond donors (Lipinski definition) is 3. The summed E-state index contributed by atoms with van der Waals surface area (Å²) in [7, 11) is 0. The number of amides is 1. The summed E-state index contributed by atoms with van der Waals surface area (Å²) in [6.07, 6.45) is 3.24. The molecule has 0 fully saturated rings. The van der Waals surface area contributed by atoms with Crippen molar-refractivity contribution in [2.75, 3.05) is 0 Å². The summed E-state index contributed by atoms with van der Waals surface area (Å²) in [5.41, 5.74) is 2.30. The fourth-order valence-electron chi connectivity index (χ4n) is 2.45. The summed E-state index contributed by atoms with van der Waals surface area (Å²) in [5.74, 6) is -0.622. The van der Waals surface area contributed by atoms with Gasteiger partial charge >= 0.3 is 0 Å². The minimum absolute atomic E-state index is 0.476. The van der Waals surface area contributed by atoms with E-state index in [1.54, 1.807) is 54.7 Å². The van der Waals surface area contributed by atoms with Gasteiger partial charge in [-0.2, -0.15) is 5.10 Å². The van der Waals surface area contributed by atoms with E-state index in [0.717, 1.165) is 5.69 Å². The van der Waals surface area contributed by atoms with Gasteiger partial charge in [0.05, 0.1) is 11.9 Å². The maximum Gasteiger partial charge on any atom is 0.281 e. The molecule has 1 amide bonds. The number of H-pyrrole nitrogens is 1. The van der Waals surface area contributed by atoms with E-state index < -0.39 is 11.5 Å². The summed E-state index contributed by atoms with van der Waals surface area (Å²) in [5, 5.41) is 15.1. The number of nitrogens with one attached hydrogen (secondary N) is 2. The lowest BCUT2D eigenvalue weighted by atomic mass is 9.85. The number of aliphatic hydroxyl groups is 1. The average molecular weight is 319 g/mol. The van der Waals surface area contributed by atoms with Gasteiger partial charge in [-0.15, -0.1) is 0 Å². The molecule has 24 heavy (non-hydrogen) atoms. The molecule has 3 rings (SSSR count). The second-order valence-electron chi connectivity index (χ2n) is 5.27. The first-order chi connectivity index (χ1) is 11.7. The number of aromatic amines is 1. The Hall–Kier alpha value is -3.18. The highest BCUT2D eigenvalue weighted by Crippen LogP contribution is 2.29. The van der Waals surface area contributed by atoms with Gasteiger partial charge in [-0.25, -0.2) is 5.43 Å². The second kappa shape index (κ2) is 6.93. The lowest BCUT2D eigenvalue weighted by Gasteiger charge is -2.26. The van der Waals surface area contributed by atoms with Crippen molar-refractivity contribution < 1.29 is 9.90 Å². The van der Waals surface area contributed by atoms with E-state index in [0.29, 0.717) is 11.1 Å². The summed E-state index contributed by atoms with van der Waals surface area (Å²) >= 11 is 0. The van der Waals surface area contributed by atoms with Crippen LogP contribution in [0, 0.1) is 0 Å². The van der Waals surface area contributed by atoms with Crippen molar-refractivity contribution in [3.05, 3.63) is 95.8 Å². The molecule has 5 heteroatoms. The summed E-state index contributed by atoms with van der Waals surface area (Å²) < 4.78 is 0. The molecule has 0 saturated carbocycles. The average Bonchev–Trinajstić information content (AvgIpc) is 3.16. The number of nitrogens with zero attached hydrogens (tertiary/aromatic N) is 1. The molecule has 0 radical (unpaired) electrons. The molecule has 0 aliphatic heterocycles. The fourth-order valence-corrected chi connectivity index (χ4v) is 2.45. The predicted molar refractivity (Wildman–Crippen MR) is 92.4 cm³/mol. The number of carbonyl (C=O) groups is 1. The van der Waals surface area contributed by atoms with Crippen LogP contribution in [0.5, 0.6) is 0 Å². The summed E-state index contributed by atoms with van der Waals surface area (Å²) in [6, 6.07) is 21.2. The highest BCUT2D eigenvalue weighted by molar-refractivity contribution is 5.90. The molecule has 120 valence electrons. The number of benzene rings is 2. The van der Waals surface area contributed by atoms with E-state index in [1.165, 1.54) is 6.21 Å². The van der Waals surface area contributed by atoms with E-state index in [2.05, 4.69) is 15.5 Å². The number of hydrogen-bond acceptors (Lipinski definition) is 3. The van der Waals surface area contributed by atoms with Crippen molar-refractivity contribution in [1.29, 1.82) is 0 Å². The third-order valence-electron chi connectivity index (χ3n) is 3.70. The van der Waals surface area contributed by atoms with Crippen LogP contribution in [0.4, 0.5) is 0 Å². The fraction of sp³-hybridized carbons (Fsp3) is 0.0526. The van der Waals surface area contributed by atoms with E-state index >= 15 is 0 Å². The lowest BCUT2D eigenvalue weighted by molar-refractivity contribution is -0.136. The van der Waals surface area contributed by atoms with E-state index in [1.807, 2.05) is 24.3 Å². The van der Waals surface area contributed by atoms with Crippen LogP contribution in [0.2, 0.25) is 0 Å². The Morgan fingerprint density at radius 1 is 0.958 bits per heavy atom. The van der Waals surface area contributed by atoms with Crippen LogP contribution in [0.1, 0.15) is 16.8 Å². The normalized spacial score (nSPS) is 11.5. The standard InChI is InChI=1S/C19H17N3O2/c23-18(22-21-14-17-12-7-13-20-17)19(24,15-8-3-1-4-9-15)16-10-5-2-6-11-16/h1-14,20,24H,(H,22,23)/b21-14+. The molecule has 0 bridgehead atoms. The molecule has 0 atom stereocenters. The van der Waals surface area contributed by atoms with Crippen molar-refractivity contribution in [3.63, 3.8) is 0 Å². The van der Waals surface area contributed by atoms with Gasteiger partial charge in [0.1, 0.15) is 0 Å². The topological polar surface area (TPSA) is 77.5 Å². The minimum atomic E-state index is -1.82. The Kier molecular flexibility index (Phi) is 4.54. The van der Waals surface area contributed by atoms with Crippen molar-refractivity contribution in [2.24, 2.45) is 5.10 Å². The SMILES string of the molecule is O=C(N/N=C/c1ccc[nH]1)C(O)(c1ccccc1)c1ccccc1. The number of carbonyl (C=O) groups excluding carboxylic acids is 1. The molecule has 1 aromatic heterocycles. The number of aromatic nitrogens is 1. The van der Waals surface area contributed by atoms with Crippen LogP contribution in [0.3, 0.4) is 0 Å². The summed E-state index contributed by atoms with van der Waals surface area (Å²) in [4.78, 5) is 15.7. The van der Waals surface area contributed by atoms with Gasteiger partial charge in [-0.3, -0.25) is 4.79 Å². The Balaban J connectivity index is 1.91. The highest BCUT2D eigenvalue weighted by atomic mass is 16.3. The first-order valence-corrected chi connectivity index (χ1v) is 7.51. The third kappa shape index (κ3) is 3.11. The van der Waals surface area contributed by atoms with Gasteiger partial charge in [-0.1, -0.05) is 60.7 Å². The van der Waals surface area contributed by atoms with Crippen LogP contribution in [0.15, 0.2) is 84.1 Å². The largest absolute Gasteiger partial charge is 0.372 e. The zero-order valence-electron chi connectivity index (χ0n) is 12.9. The van der Waals surface area contributed by atoms with Gasteiger partial charge in [-0.05, 0) is 23.3 Å². The quantitative estimate of drug-likeness (QED) is 0.499. The lowest BCUT2D eigenvalue weighted by Crippen LogP contribution is -2.43. The predicted octanol–water partition coefficient (Wildman–Crippen LogP) is 2.40. The molecule has 0 spiro atoms. The molecule has 0 unspecified atom stereocenters. The molecule has 3 N–H and O–H groups in total. The maximum atomic E-state index is 12.7. The summed E-state index contributed by atoms with van der Waals surface area (Å²) in [6.45, 7) is 0. The van der Waals surface area contributed by atoms with Crippen LogP contribution < -0.4 is 5.43 Å². The number of hydrazone groups is 1. The van der Waals surface area contributed by atoms with E-state index in [-0.39, 0.29) is 0 Å². The van der Waals surface area contributed by atoms with Crippen LogP contribution in [0.25, 0.3) is 0 Å². The van der Waals surface area contributed by atoms with Gasteiger partial charge in [0.15, 0.2) is 5.60 Å². The van der Waals surface area contributed by atoms with Crippen molar-refractivity contribution >= 4 is 12.1 Å². The molecule has 5 nitrogen and oxygen atoms in total. The first kappa shape index (κ1) is 15.7. The Bertz CT molecular complexity index is 773. The van der Waals surface area contributed by atoms with E-state index in [9.17, 15) is 9.90 Å². The van der Waals surface area contributed by atoms with Crippen LogP contribution in [-0.2, 0) is 10.4 Å². The van der Waals surface area contributed by atoms with Crippen molar-refractivity contribution in [1.82, 2.24) is 10.4 Å². The molecule has 3 aromatic rings. The Labute approximate surface area is 139 Å². The van der Waals surface area contributed by atoms with Crippen LogP contribution in [-0.4, -0.2) is 22.2 Å². The van der Waals surface area contributed by atoms with Gasteiger partial charge in [0, 0.05) is 6.20 Å². The smallest absolute Gasteiger partial charge is 0.281 e. The monoisotopic (exact) mass is 319 g/mol. The maximum absolute atomic E-state index is 12.7. The molecular weight excluding hydrogens is 302 g/mol. The van der Waals surface area contributed by atoms with Gasteiger partial charge in [0.2, 0.25) is 0 Å². The molecule has 1 heterocycles. The first-order valence-electron chi connectivity index (χ1n) is 7.51. The highest BCUT2D eigenvalue weighted by Gasteiger charge is 2.39. The van der Waals surface area contributed by atoms with Crippen molar-refractivity contribution in [2.45, 2.75) is 5.60 Å². The van der Waals surface area contributed by atoms with E-state index in [4.69, 9.17) is 0 Å². The Morgan fingerprint density at radius 2 is 1.54 bits per heavy atom. The second-order valence-corrected chi connectivity index (χ2v) is 5.27. The third-order valence-corrected chi connectivity index (χ3v) is 3.70. The molecule has 0 aliphatic carbocycles. The number of rotatable bonds is 5. The van der Waals surface area contributed by atoms with Crippen LogP contribution >= 0.6 is 0 Å². The Morgan fingerprint density at radius 3 is 2.04 bits per heavy atom. The molecular formula is C19H17N3O2. The minimum Gasteiger partial charge on any atom is -0.372 e. The van der Waals surface area contributed by atoms with Crippen molar-refractivity contribution in [3.8, 4) is 0 Å². The zero-order chi connectivity index (χ0) is 16.8.